The van der Waals surface area contributed by atoms with Gasteiger partial charge in [-0.25, -0.2) is 9.37 Å². The van der Waals surface area contributed by atoms with E-state index < -0.39 is 11.5 Å². The molecular formula is C20H20FN5O. The maximum atomic E-state index is 15.0. The number of fused-ring (bicyclic) bond motifs is 1. The molecule has 0 aromatic carbocycles. The molecular weight excluding hydrogens is 345 g/mol. The highest BCUT2D eigenvalue weighted by molar-refractivity contribution is 5.90. The van der Waals surface area contributed by atoms with Crippen LogP contribution in [0.2, 0.25) is 0 Å². The van der Waals surface area contributed by atoms with Gasteiger partial charge in [-0.05, 0) is 25.2 Å². The Kier molecular flexibility index (Phi) is 4.61. The van der Waals surface area contributed by atoms with Gasteiger partial charge in [-0.1, -0.05) is 0 Å². The SMILES string of the molecule is CN1CCC(F)(C(=O)Cc2cc3nc(-c4cnccn4)ccc3cn2)CC1. The van der Waals surface area contributed by atoms with E-state index in [1.807, 2.05) is 24.1 Å². The summed E-state index contributed by atoms with van der Waals surface area (Å²) in [5.41, 5.74) is 0.844. The van der Waals surface area contributed by atoms with Gasteiger partial charge in [-0.15, -0.1) is 0 Å². The van der Waals surface area contributed by atoms with Gasteiger partial charge in [0.2, 0.25) is 0 Å². The van der Waals surface area contributed by atoms with Gasteiger partial charge < -0.3 is 4.90 Å². The van der Waals surface area contributed by atoms with Crippen molar-refractivity contribution >= 4 is 16.7 Å². The summed E-state index contributed by atoms with van der Waals surface area (Å²) in [6, 6.07) is 5.51. The largest absolute Gasteiger partial charge is 0.306 e. The van der Waals surface area contributed by atoms with Crippen LogP contribution in [0.5, 0.6) is 0 Å². The number of piperidine rings is 1. The summed E-state index contributed by atoms with van der Waals surface area (Å²) in [6.07, 6.45) is 7.00. The molecule has 0 unspecified atom stereocenters. The van der Waals surface area contributed by atoms with Gasteiger partial charge in [-0.3, -0.25) is 19.7 Å². The number of likely N-dealkylation sites (tertiary alicyclic amines) is 1. The Labute approximate surface area is 156 Å². The molecule has 0 atom stereocenters. The van der Waals surface area contributed by atoms with E-state index in [9.17, 15) is 9.18 Å². The van der Waals surface area contributed by atoms with Gasteiger partial charge >= 0.3 is 0 Å². The fraction of sp³-hybridized carbons (Fsp3) is 0.350. The molecule has 0 radical (unpaired) electrons. The first-order chi connectivity index (χ1) is 13.0. The summed E-state index contributed by atoms with van der Waals surface area (Å²) in [7, 11) is 1.94. The Bertz CT molecular complexity index is 971. The lowest BCUT2D eigenvalue weighted by molar-refractivity contribution is -0.132. The van der Waals surface area contributed by atoms with Crippen molar-refractivity contribution in [2.24, 2.45) is 0 Å². The van der Waals surface area contributed by atoms with Gasteiger partial charge in [0.15, 0.2) is 11.5 Å². The molecule has 1 aliphatic rings. The highest BCUT2D eigenvalue weighted by Gasteiger charge is 2.40. The number of rotatable bonds is 4. The standard InChI is InChI=1S/C20H20FN5O/c1-26-8-4-20(21,5-9-26)19(27)11-15-10-17-14(12-24-15)2-3-16(25-17)18-13-22-6-7-23-18/h2-3,6-7,10,12-13H,4-5,8-9,11H2,1H3. The van der Waals surface area contributed by atoms with Crippen molar-refractivity contribution in [1.29, 1.82) is 0 Å². The summed E-state index contributed by atoms with van der Waals surface area (Å²) in [4.78, 5) is 31.8. The van der Waals surface area contributed by atoms with Crippen LogP contribution in [0.3, 0.4) is 0 Å². The Hall–Kier alpha value is -2.80. The third kappa shape index (κ3) is 3.68. The van der Waals surface area contributed by atoms with Crippen LogP contribution in [0.15, 0.2) is 43.0 Å². The molecule has 6 nitrogen and oxygen atoms in total. The molecule has 138 valence electrons. The van der Waals surface area contributed by atoms with Gasteiger partial charge in [0.25, 0.3) is 0 Å². The molecule has 0 bridgehead atoms. The average Bonchev–Trinajstić information content (AvgIpc) is 2.70. The zero-order chi connectivity index (χ0) is 18.9. The Morgan fingerprint density at radius 3 is 2.70 bits per heavy atom. The van der Waals surface area contributed by atoms with Crippen LogP contribution in [-0.4, -0.2) is 56.4 Å². The van der Waals surface area contributed by atoms with E-state index in [1.54, 1.807) is 30.9 Å². The van der Waals surface area contributed by atoms with Gasteiger partial charge in [0, 0.05) is 49.9 Å². The lowest BCUT2D eigenvalue weighted by atomic mass is 9.87. The van der Waals surface area contributed by atoms with E-state index in [1.165, 1.54) is 0 Å². The number of nitrogens with zero attached hydrogens (tertiary/aromatic N) is 5. The highest BCUT2D eigenvalue weighted by atomic mass is 19.1. The van der Waals surface area contributed by atoms with E-state index in [4.69, 9.17) is 0 Å². The number of halogens is 1. The summed E-state index contributed by atoms with van der Waals surface area (Å²) >= 11 is 0. The fourth-order valence-corrected chi connectivity index (χ4v) is 3.30. The van der Waals surface area contributed by atoms with E-state index >= 15 is 0 Å². The summed E-state index contributed by atoms with van der Waals surface area (Å²) in [5, 5.41) is 0.855. The van der Waals surface area contributed by atoms with Crippen LogP contribution in [0.25, 0.3) is 22.3 Å². The van der Waals surface area contributed by atoms with E-state index in [2.05, 4.69) is 19.9 Å². The molecule has 7 heteroatoms. The van der Waals surface area contributed by atoms with Crippen molar-refractivity contribution in [2.75, 3.05) is 20.1 Å². The van der Waals surface area contributed by atoms with Crippen molar-refractivity contribution in [3.63, 3.8) is 0 Å². The first-order valence-electron chi connectivity index (χ1n) is 8.96. The van der Waals surface area contributed by atoms with Crippen LogP contribution in [-0.2, 0) is 11.2 Å². The van der Waals surface area contributed by atoms with Crippen LogP contribution < -0.4 is 0 Å². The molecule has 3 aromatic heterocycles. The first-order valence-corrected chi connectivity index (χ1v) is 8.96. The summed E-state index contributed by atoms with van der Waals surface area (Å²) in [5.74, 6) is -0.396. The van der Waals surface area contributed by atoms with Crippen molar-refractivity contribution in [3.05, 3.63) is 48.7 Å². The molecule has 1 aliphatic heterocycles. The van der Waals surface area contributed by atoms with Crippen molar-refractivity contribution in [2.45, 2.75) is 24.9 Å². The third-order valence-electron chi connectivity index (χ3n) is 5.08. The molecule has 1 saturated heterocycles. The maximum absolute atomic E-state index is 15.0. The molecule has 4 rings (SSSR count). The normalized spacial score (nSPS) is 17.1. The van der Waals surface area contributed by atoms with Gasteiger partial charge in [0.05, 0.1) is 29.5 Å². The fourth-order valence-electron chi connectivity index (χ4n) is 3.30. The number of hydrogen-bond acceptors (Lipinski definition) is 6. The number of Topliss-reactive ketones (excluding diaryl/α,β-unsaturated/α-hetero) is 1. The number of alkyl halides is 1. The van der Waals surface area contributed by atoms with Crippen LogP contribution >= 0.6 is 0 Å². The molecule has 1 fully saturated rings. The average molecular weight is 365 g/mol. The van der Waals surface area contributed by atoms with Crippen molar-refractivity contribution in [3.8, 4) is 11.4 Å². The van der Waals surface area contributed by atoms with E-state index in [0.717, 1.165) is 5.39 Å². The van der Waals surface area contributed by atoms with Gasteiger partial charge in [-0.2, -0.15) is 0 Å². The second kappa shape index (κ2) is 7.08. The smallest absolute Gasteiger partial charge is 0.175 e. The molecule has 0 spiro atoms. The highest BCUT2D eigenvalue weighted by Crippen LogP contribution is 2.28. The number of ketones is 1. The first kappa shape index (κ1) is 17.6. The lowest BCUT2D eigenvalue weighted by Crippen LogP contribution is -2.45. The maximum Gasteiger partial charge on any atom is 0.175 e. The summed E-state index contributed by atoms with van der Waals surface area (Å²) < 4.78 is 15.0. The Morgan fingerprint density at radius 2 is 1.96 bits per heavy atom. The van der Waals surface area contributed by atoms with Gasteiger partial charge in [0.1, 0.15) is 5.69 Å². The van der Waals surface area contributed by atoms with Crippen molar-refractivity contribution < 1.29 is 9.18 Å². The van der Waals surface area contributed by atoms with Crippen LogP contribution in [0, 0.1) is 0 Å². The quantitative estimate of drug-likeness (QED) is 0.708. The topological polar surface area (TPSA) is 71.9 Å². The molecule has 4 heterocycles. The van der Waals surface area contributed by atoms with Crippen molar-refractivity contribution in [1.82, 2.24) is 24.8 Å². The number of carbonyl (C=O) groups excluding carboxylic acids is 1. The van der Waals surface area contributed by atoms with Crippen LogP contribution in [0.4, 0.5) is 4.39 Å². The minimum Gasteiger partial charge on any atom is -0.306 e. The zero-order valence-electron chi connectivity index (χ0n) is 15.1. The molecule has 0 N–H and O–H groups in total. The Balaban J connectivity index is 1.58. The minimum atomic E-state index is -1.75. The predicted octanol–water partition coefficient (Wildman–Crippen LogP) is 2.63. The molecule has 0 saturated carbocycles. The minimum absolute atomic E-state index is 0.0206. The number of carbonyl (C=O) groups is 1. The molecule has 0 amide bonds. The number of pyridine rings is 2. The Morgan fingerprint density at radius 1 is 1.15 bits per heavy atom. The lowest BCUT2D eigenvalue weighted by Gasteiger charge is -2.33. The molecule has 3 aromatic rings. The third-order valence-corrected chi connectivity index (χ3v) is 5.08. The monoisotopic (exact) mass is 365 g/mol. The summed E-state index contributed by atoms with van der Waals surface area (Å²) in [6.45, 7) is 1.19. The zero-order valence-corrected chi connectivity index (χ0v) is 15.1. The predicted molar refractivity (Wildman–Crippen MR) is 99.8 cm³/mol. The molecule has 27 heavy (non-hydrogen) atoms. The van der Waals surface area contributed by atoms with Crippen LogP contribution in [0.1, 0.15) is 18.5 Å². The second-order valence-electron chi connectivity index (χ2n) is 7.02. The second-order valence-corrected chi connectivity index (χ2v) is 7.02. The van der Waals surface area contributed by atoms with E-state index in [-0.39, 0.29) is 19.3 Å². The molecule has 0 aliphatic carbocycles. The number of hydrogen-bond donors (Lipinski definition) is 0. The van der Waals surface area contributed by atoms with E-state index in [0.29, 0.717) is 35.7 Å². The number of aromatic nitrogens is 4.